The van der Waals surface area contributed by atoms with Gasteiger partial charge in [0.15, 0.2) is 5.82 Å². The Hall–Kier alpha value is -3.74. The number of halogens is 1. The molecule has 0 aliphatic carbocycles. The number of nitrogens with zero attached hydrogens (tertiary/aromatic N) is 3. The maximum Gasteiger partial charge on any atom is 0.272 e. The minimum Gasteiger partial charge on any atom is -0.336 e. The summed E-state index contributed by atoms with van der Waals surface area (Å²) in [4.78, 5) is 16.9. The maximum absolute atomic E-state index is 13.7. The van der Waals surface area contributed by atoms with Crippen LogP contribution in [0.25, 0.3) is 11.5 Å². The van der Waals surface area contributed by atoms with Gasteiger partial charge in [0.05, 0.1) is 12.2 Å². The molecule has 134 valence electrons. The molecule has 2 aromatic heterocycles. The highest BCUT2D eigenvalue weighted by atomic mass is 19.1. The van der Waals surface area contributed by atoms with Gasteiger partial charge in [-0.05, 0) is 36.4 Å². The van der Waals surface area contributed by atoms with Gasteiger partial charge in [0.1, 0.15) is 11.5 Å². The number of carbonyl (C=O) groups excluding carboxylic acids is 1. The third-order valence-corrected chi connectivity index (χ3v) is 3.98. The van der Waals surface area contributed by atoms with Crippen molar-refractivity contribution in [1.29, 1.82) is 0 Å². The maximum atomic E-state index is 13.7. The normalized spacial score (nSPS) is 10.7. The van der Waals surface area contributed by atoms with Crippen molar-refractivity contribution in [3.8, 4) is 11.5 Å². The van der Waals surface area contributed by atoms with Crippen LogP contribution in [0.1, 0.15) is 16.3 Å². The van der Waals surface area contributed by atoms with Gasteiger partial charge in [-0.25, -0.2) is 4.39 Å². The molecule has 0 radical (unpaired) electrons. The zero-order chi connectivity index (χ0) is 18.6. The predicted molar refractivity (Wildman–Crippen MR) is 97.6 cm³/mol. The van der Waals surface area contributed by atoms with E-state index in [0.717, 1.165) is 5.56 Å². The highest BCUT2D eigenvalue weighted by Gasteiger charge is 2.15. The fraction of sp³-hybridized carbons (Fsp3) is 0.0500. The number of aromatic nitrogens is 3. The second-order valence-corrected chi connectivity index (χ2v) is 5.84. The average Bonchev–Trinajstić information content (AvgIpc) is 3.34. The van der Waals surface area contributed by atoms with Gasteiger partial charge >= 0.3 is 0 Å². The van der Waals surface area contributed by atoms with Gasteiger partial charge in [0.2, 0.25) is 0 Å². The number of rotatable bonds is 5. The standard InChI is InChI=1S/C20H15FN4O2/c21-15-9-4-5-10-16(15)22-19(26)17-11-6-12-25(17)13-18-23-20(27-24-18)14-7-2-1-3-8-14/h1-12H,13H2,(H,22,26). The lowest BCUT2D eigenvalue weighted by atomic mass is 10.2. The van der Waals surface area contributed by atoms with Crippen LogP contribution in [0.4, 0.5) is 10.1 Å². The number of carbonyl (C=O) groups is 1. The van der Waals surface area contributed by atoms with Gasteiger partial charge < -0.3 is 14.4 Å². The number of anilines is 1. The lowest BCUT2D eigenvalue weighted by Crippen LogP contribution is -2.18. The first-order valence-electron chi connectivity index (χ1n) is 8.30. The van der Waals surface area contributed by atoms with Crippen molar-refractivity contribution in [2.75, 3.05) is 5.32 Å². The third-order valence-electron chi connectivity index (χ3n) is 3.98. The number of amides is 1. The molecule has 0 spiro atoms. The second-order valence-electron chi connectivity index (χ2n) is 5.84. The Labute approximate surface area is 154 Å². The smallest absolute Gasteiger partial charge is 0.272 e. The average molecular weight is 362 g/mol. The first kappa shape index (κ1) is 16.7. The highest BCUT2D eigenvalue weighted by molar-refractivity contribution is 6.03. The molecule has 7 heteroatoms. The first-order chi connectivity index (χ1) is 13.2. The van der Waals surface area contributed by atoms with Crippen molar-refractivity contribution in [3.05, 3.63) is 90.3 Å². The van der Waals surface area contributed by atoms with E-state index in [1.165, 1.54) is 12.1 Å². The van der Waals surface area contributed by atoms with E-state index in [9.17, 15) is 9.18 Å². The Kier molecular flexibility index (Phi) is 4.49. The molecular weight excluding hydrogens is 347 g/mol. The van der Waals surface area contributed by atoms with Crippen LogP contribution in [-0.4, -0.2) is 20.6 Å². The molecule has 27 heavy (non-hydrogen) atoms. The van der Waals surface area contributed by atoms with Crippen LogP contribution >= 0.6 is 0 Å². The van der Waals surface area contributed by atoms with E-state index >= 15 is 0 Å². The summed E-state index contributed by atoms with van der Waals surface area (Å²) in [6.07, 6.45) is 1.73. The summed E-state index contributed by atoms with van der Waals surface area (Å²) in [7, 11) is 0. The Balaban J connectivity index is 1.52. The molecule has 0 aliphatic heterocycles. The van der Waals surface area contributed by atoms with Crippen LogP contribution < -0.4 is 5.32 Å². The molecule has 4 rings (SSSR count). The molecule has 1 N–H and O–H groups in total. The zero-order valence-corrected chi connectivity index (χ0v) is 14.2. The van der Waals surface area contributed by atoms with Gasteiger partial charge in [0.25, 0.3) is 11.8 Å². The Morgan fingerprint density at radius 1 is 1.04 bits per heavy atom. The quantitative estimate of drug-likeness (QED) is 0.583. The number of hydrogen-bond acceptors (Lipinski definition) is 4. The predicted octanol–water partition coefficient (Wildman–Crippen LogP) is 3.98. The molecule has 2 aromatic carbocycles. The summed E-state index contributed by atoms with van der Waals surface area (Å²) < 4.78 is 20.7. The lowest BCUT2D eigenvalue weighted by Gasteiger charge is -2.08. The van der Waals surface area contributed by atoms with Crippen molar-refractivity contribution in [2.24, 2.45) is 0 Å². The third kappa shape index (κ3) is 3.62. The van der Waals surface area contributed by atoms with Crippen molar-refractivity contribution >= 4 is 11.6 Å². The van der Waals surface area contributed by atoms with Crippen molar-refractivity contribution in [1.82, 2.24) is 14.7 Å². The van der Waals surface area contributed by atoms with E-state index in [1.54, 1.807) is 35.0 Å². The van der Waals surface area contributed by atoms with E-state index in [0.29, 0.717) is 17.4 Å². The highest BCUT2D eigenvalue weighted by Crippen LogP contribution is 2.18. The Bertz CT molecular complexity index is 1070. The van der Waals surface area contributed by atoms with Crippen LogP contribution in [0.5, 0.6) is 0 Å². The molecule has 0 atom stereocenters. The zero-order valence-electron chi connectivity index (χ0n) is 14.2. The van der Waals surface area contributed by atoms with Gasteiger partial charge in [-0.3, -0.25) is 4.79 Å². The summed E-state index contributed by atoms with van der Waals surface area (Å²) in [6.45, 7) is 0.253. The van der Waals surface area contributed by atoms with E-state index in [2.05, 4.69) is 15.5 Å². The lowest BCUT2D eigenvalue weighted by molar-refractivity contribution is 0.101. The molecule has 0 fully saturated rings. The van der Waals surface area contributed by atoms with Gasteiger partial charge in [-0.2, -0.15) is 4.98 Å². The Morgan fingerprint density at radius 3 is 2.63 bits per heavy atom. The summed E-state index contributed by atoms with van der Waals surface area (Å²) in [5, 5.41) is 6.54. The largest absolute Gasteiger partial charge is 0.336 e. The minimum absolute atomic E-state index is 0.126. The van der Waals surface area contributed by atoms with E-state index in [4.69, 9.17) is 4.52 Å². The molecule has 6 nitrogen and oxygen atoms in total. The van der Waals surface area contributed by atoms with Gasteiger partial charge in [0, 0.05) is 11.8 Å². The van der Waals surface area contributed by atoms with Crippen molar-refractivity contribution in [3.63, 3.8) is 0 Å². The van der Waals surface area contributed by atoms with E-state index < -0.39 is 11.7 Å². The number of nitrogens with one attached hydrogen (secondary N) is 1. The summed E-state index contributed by atoms with van der Waals surface area (Å²) >= 11 is 0. The first-order valence-corrected chi connectivity index (χ1v) is 8.30. The molecule has 0 aliphatic rings. The number of benzene rings is 2. The van der Waals surface area contributed by atoms with Gasteiger partial charge in [-0.15, -0.1) is 0 Å². The summed E-state index contributed by atoms with van der Waals surface area (Å²) in [5.74, 6) is -0.0633. The topological polar surface area (TPSA) is 73.0 Å². The molecule has 4 aromatic rings. The summed E-state index contributed by atoms with van der Waals surface area (Å²) in [5.41, 5.74) is 1.31. The molecule has 1 amide bonds. The summed E-state index contributed by atoms with van der Waals surface area (Å²) in [6, 6.07) is 18.8. The van der Waals surface area contributed by atoms with Crippen LogP contribution in [0.3, 0.4) is 0 Å². The van der Waals surface area contributed by atoms with Crippen LogP contribution in [0.2, 0.25) is 0 Å². The fourth-order valence-electron chi connectivity index (χ4n) is 2.68. The van der Waals surface area contributed by atoms with Crippen molar-refractivity contribution < 1.29 is 13.7 Å². The fourth-order valence-corrected chi connectivity index (χ4v) is 2.68. The van der Waals surface area contributed by atoms with Crippen LogP contribution in [-0.2, 0) is 6.54 Å². The number of hydrogen-bond donors (Lipinski definition) is 1. The second kappa shape index (κ2) is 7.25. The molecule has 2 heterocycles. The number of para-hydroxylation sites is 1. The van der Waals surface area contributed by atoms with E-state index in [-0.39, 0.29) is 12.2 Å². The molecule has 0 saturated heterocycles. The van der Waals surface area contributed by atoms with E-state index in [1.807, 2.05) is 30.3 Å². The SMILES string of the molecule is O=C(Nc1ccccc1F)c1cccn1Cc1noc(-c2ccccc2)n1. The molecular formula is C20H15FN4O2. The molecule has 0 saturated carbocycles. The minimum atomic E-state index is -0.491. The van der Waals surface area contributed by atoms with Gasteiger partial charge in [-0.1, -0.05) is 35.5 Å². The molecule has 0 bridgehead atoms. The van der Waals surface area contributed by atoms with Crippen LogP contribution in [0, 0.1) is 5.82 Å². The monoisotopic (exact) mass is 362 g/mol. The van der Waals surface area contributed by atoms with Crippen molar-refractivity contribution in [2.45, 2.75) is 6.54 Å². The molecule has 0 unspecified atom stereocenters. The van der Waals surface area contributed by atoms with Crippen LogP contribution in [0.15, 0.2) is 77.4 Å². The Morgan fingerprint density at radius 2 is 1.81 bits per heavy atom.